The van der Waals surface area contributed by atoms with Crippen LogP contribution in [-0.4, -0.2) is 4.40 Å². The first kappa shape index (κ1) is 12.8. The summed E-state index contributed by atoms with van der Waals surface area (Å²) < 4.78 is 3.55. The first-order valence-electron chi connectivity index (χ1n) is 8.08. The van der Waals surface area contributed by atoms with E-state index in [2.05, 4.69) is 93.1 Å². The number of aromatic nitrogens is 1. The summed E-state index contributed by atoms with van der Waals surface area (Å²) in [6, 6.07) is 26.4. The third kappa shape index (κ3) is 1.41. The first-order valence-corrected chi connectivity index (χ1v) is 8.87. The SMILES string of the molecule is Brc1ccc2c(ccc3c2c2cccc4c5ccccc5n3c42)c1. The Balaban J connectivity index is 2.03. The fourth-order valence-corrected chi connectivity index (χ4v) is 4.61. The van der Waals surface area contributed by atoms with Crippen LogP contribution in [0.15, 0.2) is 77.3 Å². The molecule has 0 atom stereocenters. The average molecular weight is 370 g/mol. The maximum Gasteiger partial charge on any atom is 0.0620 e. The van der Waals surface area contributed by atoms with Crippen molar-refractivity contribution in [2.45, 2.75) is 0 Å². The Morgan fingerprint density at radius 3 is 2.42 bits per heavy atom. The van der Waals surface area contributed by atoms with Gasteiger partial charge in [0.25, 0.3) is 0 Å². The van der Waals surface area contributed by atoms with Crippen molar-refractivity contribution in [3.63, 3.8) is 0 Å². The Kier molecular flexibility index (Phi) is 2.28. The van der Waals surface area contributed by atoms with E-state index in [1.165, 1.54) is 48.9 Å². The second kappa shape index (κ2) is 4.28. The third-order valence-electron chi connectivity index (χ3n) is 5.16. The van der Waals surface area contributed by atoms with Crippen molar-refractivity contribution in [2.24, 2.45) is 0 Å². The molecule has 0 aliphatic rings. The van der Waals surface area contributed by atoms with Crippen LogP contribution in [0.2, 0.25) is 0 Å². The Bertz CT molecular complexity index is 1410. The number of fused-ring (bicyclic) bond motifs is 8. The van der Waals surface area contributed by atoms with Crippen molar-refractivity contribution in [3.05, 3.63) is 77.3 Å². The van der Waals surface area contributed by atoms with E-state index < -0.39 is 0 Å². The maximum absolute atomic E-state index is 3.59. The van der Waals surface area contributed by atoms with Crippen molar-refractivity contribution in [2.75, 3.05) is 0 Å². The quantitative estimate of drug-likeness (QED) is 0.278. The largest absolute Gasteiger partial charge is 0.308 e. The highest BCUT2D eigenvalue weighted by Gasteiger charge is 2.17. The van der Waals surface area contributed by atoms with Gasteiger partial charge in [-0.05, 0) is 35.0 Å². The van der Waals surface area contributed by atoms with Crippen LogP contribution >= 0.6 is 15.9 Å². The molecule has 6 aromatic rings. The Labute approximate surface area is 146 Å². The van der Waals surface area contributed by atoms with E-state index in [0.717, 1.165) is 4.47 Å². The Hall–Kier alpha value is -2.58. The van der Waals surface area contributed by atoms with Crippen LogP contribution in [0.25, 0.3) is 48.9 Å². The normalized spacial score (nSPS) is 12.4. The lowest BCUT2D eigenvalue weighted by Gasteiger charge is -2.03. The molecule has 1 nitrogen and oxygen atoms in total. The van der Waals surface area contributed by atoms with E-state index in [4.69, 9.17) is 0 Å². The predicted molar refractivity (Wildman–Crippen MR) is 106 cm³/mol. The zero-order valence-corrected chi connectivity index (χ0v) is 14.3. The lowest BCUT2D eigenvalue weighted by Crippen LogP contribution is -1.81. The van der Waals surface area contributed by atoms with Gasteiger partial charge in [0.05, 0.1) is 16.6 Å². The molecule has 2 aromatic heterocycles. The van der Waals surface area contributed by atoms with Gasteiger partial charge in [0.2, 0.25) is 0 Å². The van der Waals surface area contributed by atoms with Crippen molar-refractivity contribution in [1.82, 2.24) is 4.40 Å². The zero-order valence-electron chi connectivity index (χ0n) is 12.8. The molecular weight excluding hydrogens is 358 g/mol. The van der Waals surface area contributed by atoms with Gasteiger partial charge in [-0.3, -0.25) is 0 Å². The number of halogens is 1. The van der Waals surface area contributed by atoms with Crippen LogP contribution in [0.4, 0.5) is 0 Å². The number of rotatable bonds is 0. The van der Waals surface area contributed by atoms with Crippen LogP contribution in [0.1, 0.15) is 0 Å². The Morgan fingerprint density at radius 1 is 0.625 bits per heavy atom. The third-order valence-corrected chi connectivity index (χ3v) is 5.66. The number of hydrogen-bond donors (Lipinski definition) is 0. The molecular formula is C22H12BrN. The van der Waals surface area contributed by atoms with Gasteiger partial charge < -0.3 is 4.40 Å². The van der Waals surface area contributed by atoms with Crippen molar-refractivity contribution in [3.8, 4) is 0 Å². The minimum Gasteiger partial charge on any atom is -0.308 e. The van der Waals surface area contributed by atoms with E-state index >= 15 is 0 Å². The highest BCUT2D eigenvalue weighted by molar-refractivity contribution is 9.10. The zero-order chi connectivity index (χ0) is 15.8. The molecule has 4 aromatic carbocycles. The standard InChI is InChI=1S/C22H12BrN/c23-14-9-10-15-13(12-14)8-11-20-21(15)18-6-3-5-17-16-4-1-2-7-19(16)24(20)22(17)18/h1-12H. The molecule has 0 fully saturated rings. The van der Waals surface area contributed by atoms with Crippen molar-refractivity contribution in [1.29, 1.82) is 0 Å². The minimum absolute atomic E-state index is 1.12. The summed E-state index contributed by atoms with van der Waals surface area (Å²) in [6.07, 6.45) is 0. The summed E-state index contributed by atoms with van der Waals surface area (Å²) in [5.41, 5.74) is 3.91. The molecule has 0 spiro atoms. The summed E-state index contributed by atoms with van der Waals surface area (Å²) in [5, 5.41) is 7.95. The second-order valence-corrected chi connectivity index (χ2v) is 7.30. The van der Waals surface area contributed by atoms with Gasteiger partial charge in [-0.15, -0.1) is 0 Å². The molecule has 2 heteroatoms. The highest BCUT2D eigenvalue weighted by Crippen LogP contribution is 2.41. The molecule has 0 aliphatic carbocycles. The lowest BCUT2D eigenvalue weighted by molar-refractivity contribution is 1.37. The van der Waals surface area contributed by atoms with Gasteiger partial charge in [-0.2, -0.15) is 0 Å². The molecule has 0 saturated carbocycles. The van der Waals surface area contributed by atoms with E-state index in [1.54, 1.807) is 0 Å². The Morgan fingerprint density at radius 2 is 1.46 bits per heavy atom. The fourth-order valence-electron chi connectivity index (χ4n) is 4.23. The molecule has 0 saturated heterocycles. The first-order chi connectivity index (χ1) is 11.8. The summed E-state index contributed by atoms with van der Waals surface area (Å²) in [6.45, 7) is 0. The summed E-state index contributed by atoms with van der Waals surface area (Å²) in [5.74, 6) is 0. The van der Waals surface area contributed by atoms with Crippen LogP contribution in [-0.2, 0) is 0 Å². The van der Waals surface area contributed by atoms with Crippen molar-refractivity contribution < 1.29 is 0 Å². The molecule has 0 amide bonds. The van der Waals surface area contributed by atoms with Crippen LogP contribution in [0.5, 0.6) is 0 Å². The second-order valence-electron chi connectivity index (χ2n) is 6.38. The lowest BCUT2D eigenvalue weighted by atomic mass is 10.0. The minimum atomic E-state index is 1.12. The van der Waals surface area contributed by atoms with Gasteiger partial charge in [0.15, 0.2) is 0 Å². The van der Waals surface area contributed by atoms with Gasteiger partial charge in [-0.1, -0.05) is 64.5 Å². The smallest absolute Gasteiger partial charge is 0.0620 e. The van der Waals surface area contributed by atoms with Crippen LogP contribution in [0.3, 0.4) is 0 Å². The molecule has 0 radical (unpaired) electrons. The van der Waals surface area contributed by atoms with Gasteiger partial charge in [0, 0.05) is 26.0 Å². The van der Waals surface area contributed by atoms with Gasteiger partial charge >= 0.3 is 0 Å². The van der Waals surface area contributed by atoms with E-state index in [9.17, 15) is 0 Å². The molecule has 112 valence electrons. The number of nitrogens with zero attached hydrogens (tertiary/aromatic N) is 1. The van der Waals surface area contributed by atoms with E-state index in [0.29, 0.717) is 0 Å². The molecule has 2 heterocycles. The van der Waals surface area contributed by atoms with Crippen LogP contribution in [0, 0.1) is 0 Å². The highest BCUT2D eigenvalue weighted by atomic mass is 79.9. The fraction of sp³-hybridized carbons (Fsp3) is 0. The van der Waals surface area contributed by atoms with E-state index in [-0.39, 0.29) is 0 Å². The van der Waals surface area contributed by atoms with Gasteiger partial charge in [0.1, 0.15) is 0 Å². The molecule has 6 rings (SSSR count). The van der Waals surface area contributed by atoms with Gasteiger partial charge in [-0.25, -0.2) is 0 Å². The number of hydrogen-bond acceptors (Lipinski definition) is 0. The monoisotopic (exact) mass is 369 g/mol. The summed E-state index contributed by atoms with van der Waals surface area (Å²) in [7, 11) is 0. The molecule has 0 bridgehead atoms. The predicted octanol–water partition coefficient (Wildman–Crippen LogP) is 6.75. The van der Waals surface area contributed by atoms with Crippen LogP contribution < -0.4 is 0 Å². The maximum atomic E-state index is 3.59. The summed E-state index contributed by atoms with van der Waals surface area (Å²) >= 11 is 3.59. The molecule has 0 unspecified atom stereocenters. The molecule has 0 aliphatic heterocycles. The number of para-hydroxylation sites is 2. The topological polar surface area (TPSA) is 4.41 Å². The molecule has 0 N–H and O–H groups in total. The summed E-state index contributed by atoms with van der Waals surface area (Å²) in [4.78, 5) is 0. The van der Waals surface area contributed by atoms with E-state index in [1.807, 2.05) is 0 Å². The number of benzene rings is 4. The molecule has 24 heavy (non-hydrogen) atoms. The average Bonchev–Trinajstić information content (AvgIpc) is 3.13. The van der Waals surface area contributed by atoms with Crippen molar-refractivity contribution >= 4 is 64.8 Å².